The maximum Gasteiger partial charge on any atom is 0.256 e. The monoisotopic (exact) mass is 433 g/mol. The second kappa shape index (κ2) is 10.9. The van der Waals surface area contributed by atoms with E-state index in [0.717, 1.165) is 51.6 Å². The number of halogens is 2. The van der Waals surface area contributed by atoms with Crippen LogP contribution in [0.15, 0.2) is 18.2 Å². The Kier molecular flexibility index (Phi) is 7.94. The molecule has 1 amide bonds. The van der Waals surface area contributed by atoms with Crippen molar-refractivity contribution in [3.63, 3.8) is 0 Å². The predicted octanol–water partition coefficient (Wildman–Crippen LogP) is 4.55. The molecule has 3 fully saturated rings. The maximum atomic E-state index is 14.4. The molecule has 31 heavy (non-hydrogen) atoms. The lowest BCUT2D eigenvalue weighted by Gasteiger charge is -2.39. The quantitative estimate of drug-likeness (QED) is 0.631. The van der Waals surface area contributed by atoms with Crippen LogP contribution in [0, 0.1) is 17.6 Å². The van der Waals surface area contributed by atoms with Gasteiger partial charge in [-0.3, -0.25) is 4.79 Å². The van der Waals surface area contributed by atoms with Crippen molar-refractivity contribution in [2.75, 3.05) is 45.8 Å². The summed E-state index contributed by atoms with van der Waals surface area (Å²) in [5.74, 6) is -1.94. The van der Waals surface area contributed by atoms with Gasteiger partial charge in [-0.2, -0.15) is 0 Å². The van der Waals surface area contributed by atoms with Gasteiger partial charge in [0, 0.05) is 32.2 Å². The van der Waals surface area contributed by atoms with Crippen molar-refractivity contribution in [2.24, 2.45) is 5.92 Å². The molecule has 1 saturated carbocycles. The van der Waals surface area contributed by atoms with E-state index in [0.29, 0.717) is 25.0 Å². The van der Waals surface area contributed by atoms with Crippen molar-refractivity contribution < 1.29 is 13.6 Å². The normalized spacial score (nSPS) is 23.9. The van der Waals surface area contributed by atoms with E-state index in [1.54, 1.807) is 4.90 Å². The van der Waals surface area contributed by atoms with Crippen molar-refractivity contribution in [1.82, 2.24) is 14.7 Å². The molecule has 3 aliphatic rings. The van der Waals surface area contributed by atoms with Crippen molar-refractivity contribution in [3.8, 4) is 0 Å². The number of rotatable bonds is 7. The molecule has 4 nitrogen and oxygen atoms in total. The number of hydrogen-bond donors (Lipinski definition) is 0. The molecule has 172 valence electrons. The first-order valence-corrected chi connectivity index (χ1v) is 12.3. The van der Waals surface area contributed by atoms with Crippen LogP contribution in [0.4, 0.5) is 8.78 Å². The highest BCUT2D eigenvalue weighted by Crippen LogP contribution is 2.28. The smallest absolute Gasteiger partial charge is 0.256 e. The van der Waals surface area contributed by atoms with Gasteiger partial charge in [0.2, 0.25) is 0 Å². The molecule has 1 aliphatic carbocycles. The van der Waals surface area contributed by atoms with Gasteiger partial charge in [0.05, 0.1) is 5.56 Å². The average molecular weight is 434 g/mol. The standard InChI is InChI=1S/C25H37F2N3O/c26-23-12-6-11-22(24(23)27)25(31)30(17-16-28-13-4-1-5-14-28)19-20-8-7-15-29(18-20)21-9-2-3-10-21/h6,11-12,20-21H,1-5,7-10,13-19H2/t20-/m0/s1. The first kappa shape index (κ1) is 22.7. The summed E-state index contributed by atoms with van der Waals surface area (Å²) in [6, 6.07) is 4.61. The Labute approximate surface area is 185 Å². The van der Waals surface area contributed by atoms with Crippen molar-refractivity contribution >= 4 is 5.91 Å². The Hall–Kier alpha value is -1.53. The van der Waals surface area contributed by atoms with Crippen LogP contribution in [0.2, 0.25) is 0 Å². The highest BCUT2D eigenvalue weighted by atomic mass is 19.2. The molecule has 1 atom stereocenters. The van der Waals surface area contributed by atoms with Crippen LogP contribution in [-0.4, -0.2) is 72.5 Å². The summed E-state index contributed by atoms with van der Waals surface area (Å²) in [7, 11) is 0. The average Bonchev–Trinajstić information content (AvgIpc) is 3.34. The molecule has 1 aromatic rings. The Morgan fingerprint density at radius 3 is 2.52 bits per heavy atom. The molecule has 0 unspecified atom stereocenters. The van der Waals surface area contributed by atoms with Gasteiger partial charge in [0.1, 0.15) is 0 Å². The van der Waals surface area contributed by atoms with Crippen LogP contribution < -0.4 is 0 Å². The minimum Gasteiger partial charge on any atom is -0.337 e. The maximum absolute atomic E-state index is 14.4. The Morgan fingerprint density at radius 1 is 0.968 bits per heavy atom. The molecule has 0 radical (unpaired) electrons. The number of likely N-dealkylation sites (tertiary alicyclic amines) is 2. The van der Waals surface area contributed by atoms with Crippen molar-refractivity contribution in [2.45, 2.75) is 63.8 Å². The SMILES string of the molecule is O=C(c1cccc(F)c1F)N(CCN1CCCCC1)C[C@H]1CCCN(C2CCCC2)C1. The first-order chi connectivity index (χ1) is 15.1. The summed E-state index contributed by atoms with van der Waals surface area (Å²) in [5, 5.41) is 0. The van der Waals surface area contributed by atoms with Gasteiger partial charge in [-0.05, 0) is 76.2 Å². The molecule has 0 N–H and O–H groups in total. The summed E-state index contributed by atoms with van der Waals surface area (Å²) < 4.78 is 28.2. The molecule has 2 aliphatic heterocycles. The molecule has 2 saturated heterocycles. The van der Waals surface area contributed by atoms with Gasteiger partial charge < -0.3 is 14.7 Å². The molecular weight excluding hydrogens is 396 g/mol. The zero-order valence-electron chi connectivity index (χ0n) is 18.7. The van der Waals surface area contributed by atoms with Crippen molar-refractivity contribution in [3.05, 3.63) is 35.4 Å². The second-order valence-corrected chi connectivity index (χ2v) is 9.70. The summed E-state index contributed by atoms with van der Waals surface area (Å²) >= 11 is 0. The second-order valence-electron chi connectivity index (χ2n) is 9.70. The zero-order chi connectivity index (χ0) is 21.6. The highest BCUT2D eigenvalue weighted by molar-refractivity contribution is 5.94. The zero-order valence-corrected chi connectivity index (χ0v) is 18.7. The van der Waals surface area contributed by atoms with Crippen LogP contribution in [0.25, 0.3) is 0 Å². The lowest BCUT2D eigenvalue weighted by Crippen LogP contribution is -2.47. The predicted molar refractivity (Wildman–Crippen MR) is 119 cm³/mol. The van der Waals surface area contributed by atoms with Crippen LogP contribution in [0.3, 0.4) is 0 Å². The van der Waals surface area contributed by atoms with Crippen LogP contribution in [-0.2, 0) is 0 Å². The molecule has 0 bridgehead atoms. The largest absolute Gasteiger partial charge is 0.337 e. The molecular formula is C25H37F2N3O. The Balaban J connectivity index is 1.44. The lowest BCUT2D eigenvalue weighted by atomic mass is 9.95. The number of hydrogen-bond acceptors (Lipinski definition) is 3. The van der Waals surface area contributed by atoms with Gasteiger partial charge in [0.15, 0.2) is 11.6 Å². The van der Waals surface area contributed by atoms with E-state index in [-0.39, 0.29) is 11.5 Å². The number of piperidine rings is 2. The van der Waals surface area contributed by atoms with E-state index in [1.165, 1.54) is 57.1 Å². The number of carbonyl (C=O) groups excluding carboxylic acids is 1. The minimum atomic E-state index is -1.02. The topological polar surface area (TPSA) is 26.8 Å². The van der Waals surface area contributed by atoms with Crippen LogP contribution in [0.5, 0.6) is 0 Å². The van der Waals surface area contributed by atoms with Gasteiger partial charge in [0.25, 0.3) is 5.91 Å². The number of benzene rings is 1. The Bertz CT molecular complexity index is 731. The van der Waals surface area contributed by atoms with Crippen LogP contribution >= 0.6 is 0 Å². The number of amides is 1. The summed E-state index contributed by atoms with van der Waals surface area (Å²) in [4.78, 5) is 20.1. The third kappa shape index (κ3) is 5.83. The third-order valence-corrected chi connectivity index (χ3v) is 7.47. The summed E-state index contributed by atoms with van der Waals surface area (Å²) in [6.07, 6.45) is 11.2. The molecule has 4 rings (SSSR count). The van der Waals surface area contributed by atoms with Crippen molar-refractivity contribution in [1.29, 1.82) is 0 Å². The number of carbonyl (C=O) groups is 1. The first-order valence-electron chi connectivity index (χ1n) is 12.3. The summed E-state index contributed by atoms with van der Waals surface area (Å²) in [6.45, 7) is 6.32. The van der Waals surface area contributed by atoms with E-state index in [4.69, 9.17) is 0 Å². The number of nitrogens with zero attached hydrogens (tertiary/aromatic N) is 3. The van der Waals surface area contributed by atoms with E-state index in [2.05, 4.69) is 9.80 Å². The van der Waals surface area contributed by atoms with E-state index in [9.17, 15) is 13.6 Å². The van der Waals surface area contributed by atoms with Gasteiger partial charge in [-0.1, -0.05) is 25.3 Å². The molecule has 6 heteroatoms. The molecule has 1 aromatic carbocycles. The lowest BCUT2D eigenvalue weighted by molar-refractivity contribution is 0.0605. The summed E-state index contributed by atoms with van der Waals surface area (Å²) in [5.41, 5.74) is -0.137. The van der Waals surface area contributed by atoms with Gasteiger partial charge in [-0.25, -0.2) is 8.78 Å². The van der Waals surface area contributed by atoms with E-state index >= 15 is 0 Å². The van der Waals surface area contributed by atoms with Crippen LogP contribution in [0.1, 0.15) is 68.1 Å². The fourth-order valence-corrected chi connectivity index (χ4v) is 5.72. The van der Waals surface area contributed by atoms with Gasteiger partial charge >= 0.3 is 0 Å². The van der Waals surface area contributed by atoms with E-state index < -0.39 is 11.6 Å². The highest BCUT2D eigenvalue weighted by Gasteiger charge is 2.31. The molecule has 0 spiro atoms. The minimum absolute atomic E-state index is 0.137. The van der Waals surface area contributed by atoms with E-state index in [1.807, 2.05) is 0 Å². The fourth-order valence-electron chi connectivity index (χ4n) is 5.72. The third-order valence-electron chi connectivity index (χ3n) is 7.47. The molecule has 2 heterocycles. The fraction of sp³-hybridized carbons (Fsp3) is 0.720. The molecule has 0 aromatic heterocycles. The van der Waals surface area contributed by atoms with Gasteiger partial charge in [-0.15, -0.1) is 0 Å². The Morgan fingerprint density at radius 2 is 1.74 bits per heavy atom.